The SMILES string of the molecule is COc1ccc(-c2coc3cc(OCC(=O)N4CCOC(c5ccccc5)C4)cc(O)c3c2=O)cc1. The van der Waals surface area contributed by atoms with Gasteiger partial charge >= 0.3 is 0 Å². The van der Waals surface area contributed by atoms with Gasteiger partial charge in [-0.1, -0.05) is 42.5 Å². The van der Waals surface area contributed by atoms with E-state index in [1.165, 1.54) is 18.4 Å². The molecule has 0 radical (unpaired) electrons. The summed E-state index contributed by atoms with van der Waals surface area (Å²) in [6, 6.07) is 19.5. The van der Waals surface area contributed by atoms with Crippen molar-refractivity contribution >= 4 is 16.9 Å². The number of rotatable bonds is 6. The first-order valence-electron chi connectivity index (χ1n) is 11.5. The molecular weight excluding hydrogens is 462 g/mol. The molecule has 0 bridgehead atoms. The predicted octanol–water partition coefficient (Wildman–Crippen LogP) is 4.15. The number of benzene rings is 3. The smallest absolute Gasteiger partial charge is 0.260 e. The summed E-state index contributed by atoms with van der Waals surface area (Å²) in [7, 11) is 1.56. The normalized spacial score (nSPS) is 15.6. The van der Waals surface area contributed by atoms with E-state index in [1.807, 2.05) is 30.3 Å². The van der Waals surface area contributed by atoms with E-state index in [2.05, 4.69) is 0 Å². The lowest BCUT2D eigenvalue weighted by atomic mass is 10.0. The van der Waals surface area contributed by atoms with Crippen LogP contribution in [0.15, 0.2) is 82.2 Å². The molecular formula is C28H25NO7. The monoisotopic (exact) mass is 487 g/mol. The summed E-state index contributed by atoms with van der Waals surface area (Å²) in [5.74, 6) is 0.405. The van der Waals surface area contributed by atoms with Crippen LogP contribution >= 0.6 is 0 Å². The molecule has 5 rings (SSSR count). The van der Waals surface area contributed by atoms with Gasteiger partial charge in [-0.25, -0.2) is 0 Å². The van der Waals surface area contributed by atoms with Crippen molar-refractivity contribution in [2.24, 2.45) is 0 Å². The Kier molecular flexibility index (Phi) is 6.60. The molecule has 1 aliphatic heterocycles. The summed E-state index contributed by atoms with van der Waals surface area (Å²) < 4.78 is 22.3. The van der Waals surface area contributed by atoms with Gasteiger partial charge in [0.15, 0.2) is 6.61 Å². The molecule has 1 atom stereocenters. The maximum atomic E-state index is 13.1. The van der Waals surface area contributed by atoms with E-state index in [0.29, 0.717) is 36.6 Å². The summed E-state index contributed by atoms with van der Waals surface area (Å²) in [4.78, 5) is 27.6. The number of phenolic OH excluding ortho intramolecular Hbond substituents is 1. The maximum absolute atomic E-state index is 13.1. The van der Waals surface area contributed by atoms with Crippen LogP contribution in [0, 0.1) is 0 Å². The van der Waals surface area contributed by atoms with Crippen LogP contribution in [-0.2, 0) is 9.53 Å². The Morgan fingerprint density at radius 1 is 1.08 bits per heavy atom. The third kappa shape index (κ3) is 4.76. The van der Waals surface area contributed by atoms with Gasteiger partial charge in [0.05, 0.1) is 25.8 Å². The minimum absolute atomic E-state index is 0.0425. The van der Waals surface area contributed by atoms with Crippen LogP contribution in [0.2, 0.25) is 0 Å². The first-order chi connectivity index (χ1) is 17.5. The number of nitrogens with zero attached hydrogens (tertiary/aromatic N) is 1. The standard InChI is InChI=1S/C28H25NO7/c1-33-20-9-7-18(8-10-20)22-16-36-24-14-21(13-23(30)27(24)28(22)32)35-17-26(31)29-11-12-34-25(15-29)19-5-3-2-4-6-19/h2-10,13-14,16,25,30H,11-12,15,17H2,1H3. The number of hydrogen-bond donors (Lipinski definition) is 1. The van der Waals surface area contributed by atoms with Crippen LogP contribution in [-0.4, -0.2) is 49.3 Å². The summed E-state index contributed by atoms with van der Waals surface area (Å²) in [5.41, 5.74) is 1.75. The number of carbonyl (C=O) groups is 1. The Hall–Kier alpha value is -4.30. The van der Waals surface area contributed by atoms with Crippen LogP contribution in [0.3, 0.4) is 0 Å². The molecule has 4 aromatic rings. The Morgan fingerprint density at radius 2 is 1.86 bits per heavy atom. The van der Waals surface area contributed by atoms with Gasteiger partial charge in [0.2, 0.25) is 5.43 Å². The number of methoxy groups -OCH3 is 1. The summed E-state index contributed by atoms with van der Waals surface area (Å²) >= 11 is 0. The van der Waals surface area contributed by atoms with Gasteiger partial charge in [-0.3, -0.25) is 9.59 Å². The second-order valence-corrected chi connectivity index (χ2v) is 8.42. The molecule has 1 fully saturated rings. The fourth-order valence-corrected chi connectivity index (χ4v) is 4.24. The average Bonchev–Trinajstić information content (AvgIpc) is 2.92. The van der Waals surface area contributed by atoms with Crippen LogP contribution in [0.1, 0.15) is 11.7 Å². The van der Waals surface area contributed by atoms with Gasteiger partial charge in [0, 0.05) is 18.7 Å². The first kappa shape index (κ1) is 23.4. The quantitative estimate of drug-likeness (QED) is 0.436. The lowest BCUT2D eigenvalue weighted by molar-refractivity contribution is -0.141. The summed E-state index contributed by atoms with van der Waals surface area (Å²) in [6.07, 6.45) is 1.15. The maximum Gasteiger partial charge on any atom is 0.260 e. The van der Waals surface area contributed by atoms with Crippen LogP contribution in [0.25, 0.3) is 22.1 Å². The number of amides is 1. The molecule has 1 saturated heterocycles. The molecule has 1 unspecified atom stereocenters. The van der Waals surface area contributed by atoms with Gasteiger partial charge in [-0.2, -0.15) is 0 Å². The van der Waals surface area contributed by atoms with E-state index in [1.54, 1.807) is 36.3 Å². The fourth-order valence-electron chi connectivity index (χ4n) is 4.24. The zero-order valence-electron chi connectivity index (χ0n) is 19.7. The lowest BCUT2D eigenvalue weighted by Gasteiger charge is -2.33. The van der Waals surface area contributed by atoms with Gasteiger partial charge in [0.1, 0.15) is 40.6 Å². The number of aromatic hydroxyl groups is 1. The van der Waals surface area contributed by atoms with Crippen LogP contribution in [0.4, 0.5) is 0 Å². The molecule has 3 aromatic carbocycles. The number of hydrogen-bond acceptors (Lipinski definition) is 7. The number of carbonyl (C=O) groups excluding carboxylic acids is 1. The Morgan fingerprint density at radius 3 is 2.61 bits per heavy atom. The highest BCUT2D eigenvalue weighted by atomic mass is 16.5. The Labute approximate surface area is 207 Å². The highest BCUT2D eigenvalue weighted by Crippen LogP contribution is 2.31. The first-order valence-corrected chi connectivity index (χ1v) is 11.5. The summed E-state index contributed by atoms with van der Waals surface area (Å²) in [5, 5.41) is 10.6. The van der Waals surface area contributed by atoms with Crippen molar-refractivity contribution in [2.45, 2.75) is 6.10 Å². The minimum atomic E-state index is -0.373. The third-order valence-corrected chi connectivity index (χ3v) is 6.18. The second kappa shape index (κ2) is 10.1. The van der Waals surface area contributed by atoms with Gasteiger partial charge < -0.3 is 28.6 Å². The zero-order valence-corrected chi connectivity index (χ0v) is 19.7. The Bertz CT molecular complexity index is 1430. The van der Waals surface area contributed by atoms with Crippen molar-refractivity contribution < 1.29 is 28.5 Å². The van der Waals surface area contributed by atoms with Gasteiger partial charge in [-0.15, -0.1) is 0 Å². The fraction of sp³-hybridized carbons (Fsp3) is 0.214. The predicted molar refractivity (Wildman–Crippen MR) is 133 cm³/mol. The van der Waals surface area contributed by atoms with Crippen molar-refractivity contribution in [3.8, 4) is 28.4 Å². The molecule has 1 aliphatic rings. The molecule has 2 heterocycles. The second-order valence-electron chi connectivity index (χ2n) is 8.42. The molecule has 0 aliphatic carbocycles. The van der Waals surface area contributed by atoms with Gasteiger partial charge in [0.25, 0.3) is 5.91 Å². The van der Waals surface area contributed by atoms with Gasteiger partial charge in [-0.05, 0) is 23.3 Å². The topological polar surface area (TPSA) is 98.4 Å². The zero-order chi connectivity index (χ0) is 25.1. The highest BCUT2D eigenvalue weighted by Gasteiger charge is 2.25. The molecule has 8 heteroatoms. The highest BCUT2D eigenvalue weighted by molar-refractivity contribution is 5.88. The summed E-state index contributed by atoms with van der Waals surface area (Å²) in [6.45, 7) is 1.11. The molecule has 8 nitrogen and oxygen atoms in total. The van der Waals surface area contributed by atoms with E-state index < -0.39 is 0 Å². The number of fused-ring (bicyclic) bond motifs is 1. The average molecular weight is 488 g/mol. The lowest BCUT2D eigenvalue weighted by Crippen LogP contribution is -2.44. The number of morpholine rings is 1. The van der Waals surface area contributed by atoms with E-state index in [4.69, 9.17) is 18.6 Å². The number of phenols is 1. The minimum Gasteiger partial charge on any atom is -0.507 e. The molecule has 1 aromatic heterocycles. The third-order valence-electron chi connectivity index (χ3n) is 6.18. The van der Waals surface area contributed by atoms with Crippen molar-refractivity contribution in [2.75, 3.05) is 33.4 Å². The van der Waals surface area contributed by atoms with Crippen LogP contribution < -0.4 is 14.9 Å². The molecule has 184 valence electrons. The van der Waals surface area contributed by atoms with E-state index in [9.17, 15) is 14.7 Å². The van der Waals surface area contributed by atoms with Crippen molar-refractivity contribution in [3.63, 3.8) is 0 Å². The number of ether oxygens (including phenoxy) is 3. The molecule has 0 spiro atoms. The van der Waals surface area contributed by atoms with Crippen LogP contribution in [0.5, 0.6) is 17.2 Å². The molecule has 1 N–H and O–H groups in total. The largest absolute Gasteiger partial charge is 0.507 e. The van der Waals surface area contributed by atoms with Crippen molar-refractivity contribution in [1.29, 1.82) is 0 Å². The van der Waals surface area contributed by atoms with Crippen molar-refractivity contribution in [1.82, 2.24) is 4.90 Å². The molecule has 36 heavy (non-hydrogen) atoms. The Balaban J connectivity index is 1.30. The van der Waals surface area contributed by atoms with E-state index in [0.717, 1.165) is 5.56 Å². The van der Waals surface area contributed by atoms with E-state index >= 15 is 0 Å². The molecule has 0 saturated carbocycles. The van der Waals surface area contributed by atoms with E-state index in [-0.39, 0.29) is 46.5 Å². The molecule has 1 amide bonds. The van der Waals surface area contributed by atoms with Crippen molar-refractivity contribution in [3.05, 3.63) is 88.8 Å².